The molecule has 1 aliphatic heterocycles. The van der Waals surface area contributed by atoms with E-state index in [1.807, 2.05) is 44.2 Å². The smallest absolute Gasteiger partial charge is 0.245 e. The molecule has 10 heteroatoms. The van der Waals surface area contributed by atoms with Gasteiger partial charge in [-0.25, -0.2) is 0 Å². The number of nitrogens with zero attached hydrogens (tertiary/aromatic N) is 1. The summed E-state index contributed by atoms with van der Waals surface area (Å²) in [6.45, 7) is 4.71. The van der Waals surface area contributed by atoms with Gasteiger partial charge in [0.25, 0.3) is 0 Å². The molecule has 0 bridgehead atoms. The number of aliphatic hydroxyl groups excluding tert-OH is 1. The van der Waals surface area contributed by atoms with Gasteiger partial charge < -0.3 is 31.1 Å². The lowest BCUT2D eigenvalue weighted by Crippen LogP contribution is -2.56. The second-order valence-corrected chi connectivity index (χ2v) is 8.40. The number of nitrogens with two attached hydrogens (primary N) is 1. The van der Waals surface area contributed by atoms with Gasteiger partial charge in [-0.05, 0) is 31.2 Å². The van der Waals surface area contributed by atoms with Crippen LogP contribution < -0.4 is 16.4 Å². The number of carbonyl (C=O) groups is 3. The van der Waals surface area contributed by atoms with Gasteiger partial charge in [0, 0.05) is 25.6 Å². The van der Waals surface area contributed by atoms with Crippen LogP contribution in [0.2, 0.25) is 0 Å². The van der Waals surface area contributed by atoms with Crippen molar-refractivity contribution < 1.29 is 24.2 Å². The Labute approximate surface area is 208 Å². The maximum absolute atomic E-state index is 13.1. The first-order chi connectivity index (χ1) is 15.9. The lowest BCUT2D eigenvalue weighted by Gasteiger charge is -2.29. The average molecular weight is 499 g/mol. The van der Waals surface area contributed by atoms with Crippen molar-refractivity contribution in [1.29, 1.82) is 0 Å². The van der Waals surface area contributed by atoms with Gasteiger partial charge in [-0.2, -0.15) is 0 Å². The Hall–Kier alpha value is -2.20. The monoisotopic (exact) mass is 498 g/mol. The summed E-state index contributed by atoms with van der Waals surface area (Å²) < 4.78 is 5.70. The minimum atomic E-state index is -0.961. The standard InChI is InChI=1S/C24H38N4O5.ClH/c1-3-18(4-2)24(32)28-12-8-11-21(28)23(31)27-20(22(30)26-14-19(29)13-25)16-33-15-17-9-6-5-7-10-17;/h5-7,9-10,18-21,29H,3-4,8,11-16,25H2,1-2H3,(H,26,30)(H,27,31);1H/t19?,20-,21?;/m1./s1. The molecule has 192 valence electrons. The zero-order valence-electron chi connectivity index (χ0n) is 20.1. The van der Waals surface area contributed by atoms with Crippen LogP contribution in [-0.2, 0) is 25.7 Å². The number of hydrogen-bond acceptors (Lipinski definition) is 6. The molecule has 1 fully saturated rings. The summed E-state index contributed by atoms with van der Waals surface area (Å²) in [7, 11) is 0. The van der Waals surface area contributed by atoms with Crippen molar-refractivity contribution in [1.82, 2.24) is 15.5 Å². The number of rotatable bonds is 13. The summed E-state index contributed by atoms with van der Waals surface area (Å²) in [5, 5.41) is 15.0. The van der Waals surface area contributed by atoms with Gasteiger partial charge in [0.05, 0.1) is 19.3 Å². The normalized spacial score (nSPS) is 17.1. The molecule has 1 aliphatic rings. The summed E-state index contributed by atoms with van der Waals surface area (Å²) in [5.41, 5.74) is 6.34. The first kappa shape index (κ1) is 29.8. The Morgan fingerprint density at radius 3 is 2.50 bits per heavy atom. The van der Waals surface area contributed by atoms with Crippen molar-refractivity contribution in [3.8, 4) is 0 Å². The molecule has 0 saturated carbocycles. The summed E-state index contributed by atoms with van der Waals surface area (Å²) in [6, 6.07) is 7.94. The van der Waals surface area contributed by atoms with Crippen molar-refractivity contribution in [2.75, 3.05) is 26.2 Å². The topological polar surface area (TPSA) is 134 Å². The maximum Gasteiger partial charge on any atom is 0.245 e. The molecule has 0 spiro atoms. The fourth-order valence-electron chi connectivity index (χ4n) is 3.92. The van der Waals surface area contributed by atoms with Crippen LogP contribution in [-0.4, -0.2) is 72.2 Å². The van der Waals surface area contributed by atoms with Crippen LogP contribution in [0.15, 0.2) is 30.3 Å². The molecular formula is C24H39ClN4O5. The van der Waals surface area contributed by atoms with Crippen LogP contribution >= 0.6 is 12.4 Å². The van der Waals surface area contributed by atoms with E-state index >= 15 is 0 Å². The molecule has 1 heterocycles. The number of halogens is 1. The van der Waals surface area contributed by atoms with Crippen LogP contribution in [0.4, 0.5) is 0 Å². The number of carbonyl (C=O) groups excluding carboxylic acids is 3. The lowest BCUT2D eigenvalue weighted by atomic mass is 10.0. The third-order valence-corrected chi connectivity index (χ3v) is 5.99. The molecule has 1 aromatic rings. The minimum absolute atomic E-state index is 0. The molecule has 3 amide bonds. The second-order valence-electron chi connectivity index (χ2n) is 8.40. The molecule has 9 nitrogen and oxygen atoms in total. The number of likely N-dealkylation sites (tertiary alicyclic amines) is 1. The summed E-state index contributed by atoms with van der Waals surface area (Å²) in [6.07, 6.45) is 1.87. The first-order valence-electron chi connectivity index (χ1n) is 11.8. The zero-order chi connectivity index (χ0) is 24.2. The number of benzene rings is 1. The van der Waals surface area contributed by atoms with E-state index in [0.29, 0.717) is 13.0 Å². The molecule has 0 radical (unpaired) electrons. The van der Waals surface area contributed by atoms with Crippen molar-refractivity contribution in [2.45, 2.75) is 64.3 Å². The van der Waals surface area contributed by atoms with Crippen LogP contribution in [0, 0.1) is 5.92 Å². The fraction of sp³-hybridized carbons (Fsp3) is 0.625. The van der Waals surface area contributed by atoms with E-state index in [9.17, 15) is 19.5 Å². The molecule has 34 heavy (non-hydrogen) atoms. The number of amides is 3. The van der Waals surface area contributed by atoms with Gasteiger partial charge in [0.15, 0.2) is 0 Å². The van der Waals surface area contributed by atoms with E-state index in [-0.39, 0.29) is 56.4 Å². The van der Waals surface area contributed by atoms with Crippen LogP contribution in [0.1, 0.15) is 45.1 Å². The highest BCUT2D eigenvalue weighted by atomic mass is 35.5. The summed E-state index contributed by atoms with van der Waals surface area (Å²) in [5.74, 6) is -0.955. The van der Waals surface area contributed by atoms with Gasteiger partial charge >= 0.3 is 0 Å². The van der Waals surface area contributed by atoms with Crippen molar-refractivity contribution >= 4 is 30.1 Å². The number of ether oxygens (including phenoxy) is 1. The van der Waals surface area contributed by atoms with E-state index in [1.165, 1.54) is 0 Å². The van der Waals surface area contributed by atoms with E-state index in [4.69, 9.17) is 10.5 Å². The van der Waals surface area contributed by atoms with Gasteiger partial charge in [0.2, 0.25) is 17.7 Å². The third kappa shape index (κ3) is 8.87. The first-order valence-corrected chi connectivity index (χ1v) is 11.8. The number of hydrogen-bond donors (Lipinski definition) is 4. The Kier molecular flexibility index (Phi) is 13.7. The Morgan fingerprint density at radius 2 is 1.88 bits per heavy atom. The van der Waals surface area contributed by atoms with E-state index < -0.39 is 24.1 Å². The lowest BCUT2D eigenvalue weighted by molar-refractivity contribution is -0.142. The molecule has 0 aromatic heterocycles. The van der Waals surface area contributed by atoms with Crippen molar-refractivity contribution in [3.63, 3.8) is 0 Å². The van der Waals surface area contributed by atoms with Gasteiger partial charge in [0.1, 0.15) is 12.1 Å². The highest BCUT2D eigenvalue weighted by Crippen LogP contribution is 2.22. The SMILES string of the molecule is CCC(CC)C(=O)N1CCCC1C(=O)N[C@H](COCc1ccccc1)C(=O)NCC(O)CN.Cl. The second kappa shape index (κ2) is 15.7. The Balaban J connectivity index is 0.00000578. The predicted molar refractivity (Wildman–Crippen MR) is 132 cm³/mol. The van der Waals surface area contributed by atoms with E-state index in [0.717, 1.165) is 24.8 Å². The third-order valence-electron chi connectivity index (χ3n) is 5.99. The molecule has 2 unspecified atom stereocenters. The molecule has 1 aromatic carbocycles. The molecular weight excluding hydrogens is 460 g/mol. The Morgan fingerprint density at radius 1 is 1.21 bits per heavy atom. The largest absolute Gasteiger partial charge is 0.390 e. The highest BCUT2D eigenvalue weighted by Gasteiger charge is 2.37. The van der Waals surface area contributed by atoms with Crippen molar-refractivity contribution in [2.24, 2.45) is 11.7 Å². The molecule has 2 rings (SSSR count). The van der Waals surface area contributed by atoms with Gasteiger partial charge in [-0.15, -0.1) is 12.4 Å². The van der Waals surface area contributed by atoms with Crippen LogP contribution in [0.5, 0.6) is 0 Å². The average Bonchev–Trinajstić information content (AvgIpc) is 3.33. The molecule has 1 saturated heterocycles. The van der Waals surface area contributed by atoms with Gasteiger partial charge in [-0.3, -0.25) is 14.4 Å². The van der Waals surface area contributed by atoms with Crippen LogP contribution in [0.25, 0.3) is 0 Å². The predicted octanol–water partition coefficient (Wildman–Crippen LogP) is 0.973. The fourth-order valence-corrected chi connectivity index (χ4v) is 3.92. The van der Waals surface area contributed by atoms with E-state index in [2.05, 4.69) is 10.6 Å². The Bertz CT molecular complexity index is 763. The van der Waals surface area contributed by atoms with Crippen molar-refractivity contribution in [3.05, 3.63) is 35.9 Å². The highest BCUT2D eigenvalue weighted by molar-refractivity contribution is 5.93. The number of aliphatic hydroxyl groups is 1. The number of nitrogens with one attached hydrogen (secondary N) is 2. The van der Waals surface area contributed by atoms with Gasteiger partial charge in [-0.1, -0.05) is 44.2 Å². The molecule has 0 aliphatic carbocycles. The quantitative estimate of drug-likeness (QED) is 0.320. The maximum atomic E-state index is 13.1. The molecule has 3 atom stereocenters. The van der Waals surface area contributed by atoms with E-state index in [1.54, 1.807) is 4.90 Å². The zero-order valence-corrected chi connectivity index (χ0v) is 20.9. The molecule has 5 N–H and O–H groups in total. The minimum Gasteiger partial charge on any atom is -0.390 e. The van der Waals surface area contributed by atoms with Crippen LogP contribution in [0.3, 0.4) is 0 Å². The summed E-state index contributed by atoms with van der Waals surface area (Å²) in [4.78, 5) is 40.4. The summed E-state index contributed by atoms with van der Waals surface area (Å²) >= 11 is 0.